The van der Waals surface area contributed by atoms with Crippen molar-refractivity contribution in [2.45, 2.75) is 33.0 Å². The van der Waals surface area contributed by atoms with Crippen LogP contribution in [0.1, 0.15) is 19.4 Å². The van der Waals surface area contributed by atoms with E-state index in [9.17, 15) is 18.9 Å². The van der Waals surface area contributed by atoms with Gasteiger partial charge in [-0.15, -0.1) is 35.1 Å². The topological polar surface area (TPSA) is 143 Å². The molecule has 3 heterocycles. The van der Waals surface area contributed by atoms with Gasteiger partial charge in [-0.2, -0.15) is 0 Å². The van der Waals surface area contributed by atoms with Crippen LogP contribution in [-0.2, 0) is 31.5 Å². The number of thiophene rings is 2. The molecular formula is C18H23ClN3O7PS2. The van der Waals surface area contributed by atoms with Crippen LogP contribution in [-0.4, -0.2) is 39.5 Å². The highest BCUT2D eigenvalue weighted by Gasteiger charge is 2.31. The van der Waals surface area contributed by atoms with Crippen molar-refractivity contribution in [3.05, 3.63) is 49.3 Å². The number of aromatic nitrogens is 2. The number of fused-ring (bicyclic) bond motifs is 1. The first-order valence-electron chi connectivity index (χ1n) is 9.38. The van der Waals surface area contributed by atoms with Gasteiger partial charge in [0.25, 0.3) is 5.56 Å². The second kappa shape index (κ2) is 10.9. The summed E-state index contributed by atoms with van der Waals surface area (Å²) in [6.07, 6.45) is 0. The third-order valence-electron chi connectivity index (χ3n) is 4.43. The Hall–Kier alpha value is -1.79. The Morgan fingerprint density at radius 3 is 2.38 bits per heavy atom. The molecule has 3 aromatic rings. The summed E-state index contributed by atoms with van der Waals surface area (Å²) in [5.41, 5.74) is 5.20. The Morgan fingerprint density at radius 1 is 1.16 bits per heavy atom. The van der Waals surface area contributed by atoms with Crippen molar-refractivity contribution in [2.24, 2.45) is 5.73 Å². The van der Waals surface area contributed by atoms with Gasteiger partial charge in [0.15, 0.2) is 0 Å². The van der Waals surface area contributed by atoms with Gasteiger partial charge >= 0.3 is 19.3 Å². The maximum absolute atomic E-state index is 13.2. The Bertz CT molecular complexity index is 1260. The van der Waals surface area contributed by atoms with Gasteiger partial charge in [0.2, 0.25) is 0 Å². The summed E-state index contributed by atoms with van der Waals surface area (Å²) >= 11 is 2.30. The average molecular weight is 524 g/mol. The van der Waals surface area contributed by atoms with Crippen molar-refractivity contribution in [1.29, 1.82) is 0 Å². The van der Waals surface area contributed by atoms with Crippen LogP contribution in [0.3, 0.4) is 0 Å². The molecule has 0 saturated heterocycles. The average Bonchev–Trinajstić information content (AvgIpc) is 3.38. The minimum atomic E-state index is -3.61. The summed E-state index contributed by atoms with van der Waals surface area (Å²) < 4.78 is 26.8. The maximum atomic E-state index is 13.2. The predicted molar refractivity (Wildman–Crippen MR) is 127 cm³/mol. The van der Waals surface area contributed by atoms with E-state index >= 15 is 0 Å². The molecule has 3 aromatic heterocycles. The third kappa shape index (κ3) is 5.07. The summed E-state index contributed by atoms with van der Waals surface area (Å²) in [6, 6.07) is 1.91. The Kier molecular flexibility index (Phi) is 9.00. The lowest BCUT2D eigenvalue weighted by Gasteiger charge is -2.18. The van der Waals surface area contributed by atoms with Crippen LogP contribution in [0, 0.1) is 0 Å². The monoisotopic (exact) mass is 523 g/mol. The van der Waals surface area contributed by atoms with Gasteiger partial charge in [-0.25, -0.2) is 4.79 Å². The van der Waals surface area contributed by atoms with Gasteiger partial charge in [-0.3, -0.25) is 23.3 Å². The van der Waals surface area contributed by atoms with Crippen molar-refractivity contribution in [1.82, 2.24) is 9.13 Å². The summed E-state index contributed by atoms with van der Waals surface area (Å²) in [7, 11) is -3.61. The van der Waals surface area contributed by atoms with Crippen LogP contribution in [0.15, 0.2) is 32.5 Å². The van der Waals surface area contributed by atoms with Crippen LogP contribution < -0.4 is 21.6 Å². The fourth-order valence-corrected chi connectivity index (χ4v) is 7.07. The number of hydrogen-bond acceptors (Lipinski definition) is 9. The molecular weight excluding hydrogens is 501 g/mol. The number of carbonyl (C=O) groups is 1. The highest BCUT2D eigenvalue weighted by molar-refractivity contribution is 7.68. The zero-order valence-electron chi connectivity index (χ0n) is 17.3. The summed E-state index contributed by atoms with van der Waals surface area (Å²) in [5.74, 6) is -1.26. The molecule has 0 spiro atoms. The van der Waals surface area contributed by atoms with E-state index in [4.69, 9.17) is 19.9 Å². The molecule has 0 aromatic carbocycles. The molecule has 176 valence electrons. The van der Waals surface area contributed by atoms with E-state index in [0.29, 0.717) is 20.4 Å². The summed E-state index contributed by atoms with van der Waals surface area (Å²) in [4.78, 5) is 37.4. The first-order valence-corrected chi connectivity index (χ1v) is 12.7. The number of hydrogen-bond donors (Lipinski definition) is 2. The second-order valence-corrected chi connectivity index (χ2v) is 10.5. The Balaban J connectivity index is 0.00000363. The van der Waals surface area contributed by atoms with Crippen LogP contribution in [0.5, 0.6) is 0 Å². The minimum absolute atomic E-state index is 0. The van der Waals surface area contributed by atoms with E-state index in [0.717, 1.165) is 27.2 Å². The van der Waals surface area contributed by atoms with Gasteiger partial charge in [-0.05, 0) is 42.3 Å². The molecule has 0 amide bonds. The fourth-order valence-electron chi connectivity index (χ4n) is 3.08. The van der Waals surface area contributed by atoms with Crippen LogP contribution in [0.2, 0.25) is 0 Å². The van der Waals surface area contributed by atoms with E-state index in [-0.39, 0.29) is 38.7 Å². The highest BCUT2D eigenvalue weighted by atomic mass is 35.5. The van der Waals surface area contributed by atoms with Crippen LogP contribution in [0.4, 0.5) is 0 Å². The van der Waals surface area contributed by atoms with Crippen molar-refractivity contribution in [2.75, 3.05) is 13.2 Å². The molecule has 0 fully saturated rings. The maximum Gasteiger partial charge on any atom is 0.371 e. The van der Waals surface area contributed by atoms with Crippen LogP contribution >= 0.6 is 42.7 Å². The molecule has 0 unspecified atom stereocenters. The number of aliphatic carboxylic acids is 1. The Labute approximate surface area is 197 Å². The molecule has 0 aliphatic carbocycles. The highest BCUT2D eigenvalue weighted by Crippen LogP contribution is 2.49. The minimum Gasteiger partial charge on any atom is -0.480 e. The predicted octanol–water partition coefficient (Wildman–Crippen LogP) is 2.06. The first kappa shape index (κ1) is 26.5. The number of carboxylic acids is 1. The molecule has 14 heteroatoms. The lowest BCUT2D eigenvalue weighted by atomic mass is 10.3. The number of halogens is 1. The molecule has 0 bridgehead atoms. The molecule has 1 atom stereocenters. The quantitative estimate of drug-likeness (QED) is 0.384. The van der Waals surface area contributed by atoms with Gasteiger partial charge in [0.05, 0.1) is 31.8 Å². The number of nitrogens with two attached hydrogens (primary N) is 1. The normalized spacial score (nSPS) is 12.6. The molecule has 0 saturated carbocycles. The van der Waals surface area contributed by atoms with E-state index in [1.165, 1.54) is 4.57 Å². The lowest BCUT2D eigenvalue weighted by molar-refractivity contribution is -0.138. The van der Waals surface area contributed by atoms with Crippen molar-refractivity contribution >= 4 is 63.5 Å². The molecule has 0 aliphatic heterocycles. The van der Waals surface area contributed by atoms with E-state index in [2.05, 4.69) is 0 Å². The van der Waals surface area contributed by atoms with Crippen molar-refractivity contribution in [3.8, 4) is 0 Å². The summed E-state index contributed by atoms with van der Waals surface area (Å²) in [5, 5.41) is 12.5. The van der Waals surface area contributed by atoms with Crippen molar-refractivity contribution in [3.63, 3.8) is 0 Å². The molecule has 32 heavy (non-hydrogen) atoms. The molecule has 3 rings (SSSR count). The van der Waals surface area contributed by atoms with Crippen LogP contribution in [0.25, 0.3) is 10.2 Å². The van der Waals surface area contributed by atoms with Crippen molar-refractivity contribution < 1.29 is 23.5 Å². The largest absolute Gasteiger partial charge is 0.480 e. The third-order valence-corrected chi connectivity index (χ3v) is 9.05. The van der Waals surface area contributed by atoms with Gasteiger partial charge in [-0.1, -0.05) is 0 Å². The van der Waals surface area contributed by atoms with E-state index in [1.807, 2.05) is 0 Å². The second-order valence-electron chi connectivity index (χ2n) is 6.45. The standard InChI is InChI=1S/C18H22N3O7PS2.ClH/c1-3-27-29(26,28-4-2)17-11(5-7-31-17)9-21-15(22)14-13(6-8-30-14)20(18(21)25)10-12(19)16(23)24;/h5-8,12H,3-4,9-10,19H2,1-2H3,(H,23,24);1H/t12-;/m0./s1. The molecule has 0 aliphatic rings. The van der Waals surface area contributed by atoms with E-state index in [1.54, 1.807) is 36.7 Å². The molecule has 10 nitrogen and oxygen atoms in total. The van der Waals surface area contributed by atoms with Gasteiger partial charge < -0.3 is 19.9 Å². The number of carboxylic acid groups (broad SMARTS) is 1. The molecule has 3 N–H and O–H groups in total. The Morgan fingerprint density at radius 2 is 1.78 bits per heavy atom. The zero-order valence-corrected chi connectivity index (χ0v) is 20.6. The summed E-state index contributed by atoms with van der Waals surface area (Å²) in [6.45, 7) is 3.24. The lowest BCUT2D eigenvalue weighted by Crippen LogP contribution is -2.44. The smallest absolute Gasteiger partial charge is 0.371 e. The molecule has 0 radical (unpaired) electrons. The fraction of sp³-hybridized carbons (Fsp3) is 0.389. The van der Waals surface area contributed by atoms with Gasteiger partial charge in [0, 0.05) is 0 Å². The number of nitrogens with zero attached hydrogens (tertiary/aromatic N) is 2. The van der Waals surface area contributed by atoms with E-state index < -0.39 is 30.9 Å². The number of rotatable bonds is 10. The van der Waals surface area contributed by atoms with Gasteiger partial charge in [0.1, 0.15) is 15.4 Å². The zero-order chi connectivity index (χ0) is 22.8. The first-order chi connectivity index (χ1) is 14.7. The SMILES string of the molecule is CCOP(=O)(OCC)c1sccc1Cn1c(=O)c2sccc2n(C[C@H](N)C(=O)O)c1=O.Cl.